The van der Waals surface area contributed by atoms with Gasteiger partial charge in [0, 0.05) is 30.9 Å². The van der Waals surface area contributed by atoms with Crippen LogP contribution in [0.4, 0.5) is 0 Å². The Balaban J connectivity index is 1.88. The van der Waals surface area contributed by atoms with Gasteiger partial charge in [0.15, 0.2) is 6.10 Å². The van der Waals surface area contributed by atoms with Crippen LogP contribution in [0.5, 0.6) is 0 Å². The molecule has 2 amide bonds. The molecule has 5 nitrogen and oxygen atoms in total. The molecule has 0 bridgehead atoms. The zero-order valence-electron chi connectivity index (χ0n) is 12.4. The van der Waals surface area contributed by atoms with Crippen molar-refractivity contribution in [3.8, 4) is 0 Å². The normalized spacial score (nSPS) is 23.9. The molecule has 0 spiro atoms. The van der Waals surface area contributed by atoms with Crippen LogP contribution in [0.3, 0.4) is 0 Å². The van der Waals surface area contributed by atoms with Crippen LogP contribution in [0.25, 0.3) is 0 Å². The predicted molar refractivity (Wildman–Crippen MR) is 76.1 cm³/mol. The first-order valence-corrected chi connectivity index (χ1v) is 7.13. The third-order valence-electron chi connectivity index (χ3n) is 3.60. The Labute approximate surface area is 119 Å². The van der Waals surface area contributed by atoms with Gasteiger partial charge in [0.1, 0.15) is 0 Å². The van der Waals surface area contributed by atoms with Gasteiger partial charge in [-0.2, -0.15) is 0 Å². The van der Waals surface area contributed by atoms with E-state index in [9.17, 15) is 9.59 Å². The van der Waals surface area contributed by atoms with Crippen LogP contribution < -0.4 is 0 Å². The molecule has 0 N–H and O–H groups in total. The van der Waals surface area contributed by atoms with E-state index in [1.165, 1.54) is 11.0 Å². The molecule has 2 aliphatic heterocycles. The second kappa shape index (κ2) is 5.77. The Hall–Kier alpha value is -1.65. The Morgan fingerprint density at radius 1 is 1.40 bits per heavy atom. The lowest BCUT2D eigenvalue weighted by atomic mass is 9.87. The minimum Gasteiger partial charge on any atom is -0.388 e. The van der Waals surface area contributed by atoms with E-state index in [1.807, 2.05) is 0 Å². The SMILES string of the molecule is CC(C)(C)C1=NOC(/C=C/C(=O)N2CCCCC2=O)C1. The van der Waals surface area contributed by atoms with Gasteiger partial charge in [-0.05, 0) is 18.9 Å². The summed E-state index contributed by atoms with van der Waals surface area (Å²) in [5.74, 6) is -0.327. The molecule has 1 saturated heterocycles. The number of carbonyl (C=O) groups excluding carboxylic acids is 2. The average molecular weight is 278 g/mol. The van der Waals surface area contributed by atoms with Gasteiger partial charge in [0.25, 0.3) is 5.91 Å². The number of piperidine rings is 1. The molecular formula is C15H22N2O3. The van der Waals surface area contributed by atoms with Crippen molar-refractivity contribution >= 4 is 17.5 Å². The number of amides is 2. The molecule has 1 unspecified atom stereocenters. The largest absolute Gasteiger partial charge is 0.388 e. The smallest absolute Gasteiger partial charge is 0.252 e. The number of likely N-dealkylation sites (tertiary alicyclic amines) is 1. The topological polar surface area (TPSA) is 59.0 Å². The van der Waals surface area contributed by atoms with E-state index in [4.69, 9.17) is 4.84 Å². The van der Waals surface area contributed by atoms with Crippen molar-refractivity contribution in [1.82, 2.24) is 4.90 Å². The number of hydrogen-bond acceptors (Lipinski definition) is 4. The highest BCUT2D eigenvalue weighted by atomic mass is 16.6. The summed E-state index contributed by atoms with van der Waals surface area (Å²) in [6.07, 6.45) is 5.87. The van der Waals surface area contributed by atoms with E-state index in [0.29, 0.717) is 19.4 Å². The van der Waals surface area contributed by atoms with Crippen LogP contribution >= 0.6 is 0 Å². The van der Waals surface area contributed by atoms with Crippen LogP contribution in [0.2, 0.25) is 0 Å². The summed E-state index contributed by atoms with van der Waals surface area (Å²) in [5.41, 5.74) is 0.976. The fraction of sp³-hybridized carbons (Fsp3) is 0.667. The molecule has 2 aliphatic rings. The minimum atomic E-state index is -0.248. The summed E-state index contributed by atoms with van der Waals surface area (Å²) in [7, 11) is 0. The third-order valence-corrected chi connectivity index (χ3v) is 3.60. The highest BCUT2D eigenvalue weighted by Gasteiger charge is 2.28. The average Bonchev–Trinajstić information content (AvgIpc) is 2.85. The molecular weight excluding hydrogens is 256 g/mol. The fourth-order valence-electron chi connectivity index (χ4n) is 2.26. The highest BCUT2D eigenvalue weighted by Crippen LogP contribution is 2.25. The molecule has 0 aromatic carbocycles. The first-order valence-electron chi connectivity index (χ1n) is 7.13. The van der Waals surface area contributed by atoms with Gasteiger partial charge in [-0.25, -0.2) is 0 Å². The minimum absolute atomic E-state index is 0.0184. The number of imide groups is 1. The molecule has 0 aromatic heterocycles. The lowest BCUT2D eigenvalue weighted by Gasteiger charge is -2.23. The maximum Gasteiger partial charge on any atom is 0.252 e. The Kier molecular flexibility index (Phi) is 4.26. The van der Waals surface area contributed by atoms with Crippen LogP contribution in [-0.2, 0) is 14.4 Å². The first-order chi connectivity index (χ1) is 9.38. The Morgan fingerprint density at radius 2 is 2.15 bits per heavy atom. The second-order valence-electron chi connectivity index (χ2n) is 6.34. The van der Waals surface area contributed by atoms with Gasteiger partial charge in [0.2, 0.25) is 5.91 Å². The first kappa shape index (κ1) is 14.8. The number of rotatable bonds is 2. The van der Waals surface area contributed by atoms with Gasteiger partial charge >= 0.3 is 0 Å². The summed E-state index contributed by atoms with van der Waals surface area (Å²) in [6.45, 7) is 6.77. The molecule has 0 radical (unpaired) electrons. The van der Waals surface area contributed by atoms with Crippen molar-refractivity contribution in [1.29, 1.82) is 0 Å². The Morgan fingerprint density at radius 3 is 2.75 bits per heavy atom. The van der Waals surface area contributed by atoms with Crippen molar-refractivity contribution in [2.45, 2.75) is 52.6 Å². The monoisotopic (exact) mass is 278 g/mol. The summed E-state index contributed by atoms with van der Waals surface area (Å²) in [6, 6.07) is 0. The van der Waals surface area contributed by atoms with E-state index < -0.39 is 0 Å². The van der Waals surface area contributed by atoms with Crippen LogP contribution in [-0.4, -0.2) is 35.1 Å². The molecule has 0 aromatic rings. The van der Waals surface area contributed by atoms with E-state index >= 15 is 0 Å². The molecule has 1 fully saturated rings. The number of carbonyl (C=O) groups is 2. The zero-order chi connectivity index (χ0) is 14.8. The van der Waals surface area contributed by atoms with E-state index in [0.717, 1.165) is 18.6 Å². The van der Waals surface area contributed by atoms with Crippen molar-refractivity contribution < 1.29 is 14.4 Å². The maximum atomic E-state index is 12.0. The highest BCUT2D eigenvalue weighted by molar-refractivity contribution is 6.01. The summed E-state index contributed by atoms with van der Waals surface area (Å²) >= 11 is 0. The van der Waals surface area contributed by atoms with E-state index in [2.05, 4.69) is 25.9 Å². The van der Waals surface area contributed by atoms with Gasteiger partial charge in [0.05, 0.1) is 5.71 Å². The van der Waals surface area contributed by atoms with Gasteiger partial charge in [-0.1, -0.05) is 25.9 Å². The van der Waals surface area contributed by atoms with Crippen LogP contribution in [0.15, 0.2) is 17.3 Å². The summed E-state index contributed by atoms with van der Waals surface area (Å²) in [5, 5.41) is 4.07. The molecule has 0 aliphatic carbocycles. The van der Waals surface area contributed by atoms with E-state index in [-0.39, 0.29) is 23.3 Å². The number of nitrogens with zero attached hydrogens (tertiary/aromatic N) is 2. The van der Waals surface area contributed by atoms with Crippen molar-refractivity contribution in [2.75, 3.05) is 6.54 Å². The van der Waals surface area contributed by atoms with Gasteiger partial charge in [-0.15, -0.1) is 0 Å². The molecule has 5 heteroatoms. The lowest BCUT2D eigenvalue weighted by Crippen LogP contribution is -2.39. The molecule has 1 atom stereocenters. The van der Waals surface area contributed by atoms with Crippen molar-refractivity contribution in [3.63, 3.8) is 0 Å². The summed E-state index contributed by atoms with van der Waals surface area (Å²) < 4.78 is 0. The van der Waals surface area contributed by atoms with Crippen LogP contribution in [0, 0.1) is 5.41 Å². The number of hydrogen-bond donors (Lipinski definition) is 0. The Bertz CT molecular complexity index is 460. The lowest BCUT2D eigenvalue weighted by molar-refractivity contribution is -0.143. The molecule has 0 saturated carbocycles. The molecule has 110 valence electrons. The fourth-order valence-corrected chi connectivity index (χ4v) is 2.26. The van der Waals surface area contributed by atoms with Crippen molar-refractivity contribution in [3.05, 3.63) is 12.2 Å². The quantitative estimate of drug-likeness (QED) is 0.728. The second-order valence-corrected chi connectivity index (χ2v) is 6.34. The van der Waals surface area contributed by atoms with E-state index in [1.54, 1.807) is 6.08 Å². The predicted octanol–water partition coefficient (Wildman–Crippen LogP) is 2.27. The molecule has 2 rings (SSSR count). The molecule has 20 heavy (non-hydrogen) atoms. The standard InChI is InChI=1S/C15H22N2O3/c1-15(2,3)12-10-11(20-16-12)7-8-14(19)17-9-5-4-6-13(17)18/h7-8,11H,4-6,9-10H2,1-3H3/b8-7+. The van der Waals surface area contributed by atoms with Gasteiger partial charge in [-0.3, -0.25) is 14.5 Å². The van der Waals surface area contributed by atoms with Gasteiger partial charge < -0.3 is 4.84 Å². The number of oxime groups is 1. The van der Waals surface area contributed by atoms with Crippen molar-refractivity contribution in [2.24, 2.45) is 10.6 Å². The third kappa shape index (κ3) is 3.46. The summed E-state index contributed by atoms with van der Waals surface area (Å²) in [4.78, 5) is 30.2. The van der Waals surface area contributed by atoms with Crippen LogP contribution in [0.1, 0.15) is 46.5 Å². The molecule has 2 heterocycles. The zero-order valence-corrected chi connectivity index (χ0v) is 12.4. The maximum absolute atomic E-state index is 12.0.